The van der Waals surface area contributed by atoms with Gasteiger partial charge in [0.2, 0.25) is 0 Å². The van der Waals surface area contributed by atoms with Gasteiger partial charge < -0.3 is 0 Å². The van der Waals surface area contributed by atoms with Gasteiger partial charge in [-0.15, -0.1) is 0 Å². The second kappa shape index (κ2) is 5.00. The Balaban J connectivity index is 2.68. The molecule has 0 heterocycles. The molecule has 0 saturated heterocycles. The molecule has 82 valence electrons. The zero-order valence-corrected chi connectivity index (χ0v) is 10.5. The summed E-state index contributed by atoms with van der Waals surface area (Å²) in [5, 5.41) is 0. The van der Waals surface area contributed by atoms with Crippen LogP contribution in [0.2, 0.25) is 0 Å². The lowest BCUT2D eigenvalue weighted by molar-refractivity contribution is 0.178. The predicted molar refractivity (Wildman–Crippen MR) is 64.3 cm³/mol. The molecule has 1 saturated carbocycles. The quantitative estimate of drug-likeness (QED) is 0.561. The van der Waals surface area contributed by atoms with Gasteiger partial charge in [-0.25, -0.2) is 0 Å². The first-order chi connectivity index (χ1) is 6.50. The largest absolute Gasteiger partial charge is 0.0825 e. The van der Waals surface area contributed by atoms with E-state index < -0.39 is 0 Å². The molecule has 0 radical (unpaired) electrons. The Labute approximate surface area is 89.8 Å². The Bertz CT molecular complexity index is 196. The Morgan fingerprint density at radius 3 is 2.36 bits per heavy atom. The minimum absolute atomic E-state index is 0.850. The Morgan fingerprint density at radius 1 is 1.21 bits per heavy atom. The maximum Gasteiger partial charge on any atom is -0.0198 e. The molecule has 0 nitrogen and oxygen atoms in total. The smallest absolute Gasteiger partial charge is 0.0198 e. The van der Waals surface area contributed by atoms with Crippen molar-refractivity contribution in [1.82, 2.24) is 0 Å². The molecule has 0 aromatic carbocycles. The molecule has 3 unspecified atom stereocenters. The maximum absolute atomic E-state index is 2.51. The average molecular weight is 194 g/mol. The highest BCUT2D eigenvalue weighted by molar-refractivity contribution is 5.01. The first-order valence-electron chi connectivity index (χ1n) is 6.15. The van der Waals surface area contributed by atoms with Gasteiger partial charge in [0.1, 0.15) is 0 Å². The number of rotatable bonds is 2. The molecule has 1 rings (SSSR count). The summed E-state index contributed by atoms with van der Waals surface area (Å²) in [5.74, 6) is 3.57. The highest BCUT2D eigenvalue weighted by atomic mass is 14.3. The van der Waals surface area contributed by atoms with E-state index in [0.717, 1.165) is 23.7 Å². The third-order valence-corrected chi connectivity index (χ3v) is 3.62. The van der Waals surface area contributed by atoms with Crippen LogP contribution >= 0.6 is 0 Å². The van der Waals surface area contributed by atoms with Crippen LogP contribution in [0.3, 0.4) is 0 Å². The van der Waals surface area contributed by atoms with Crippen molar-refractivity contribution < 1.29 is 0 Å². The molecule has 0 N–H and O–H groups in total. The molecule has 0 amide bonds. The molecule has 0 spiro atoms. The maximum atomic E-state index is 2.51. The van der Waals surface area contributed by atoms with Crippen molar-refractivity contribution >= 4 is 0 Å². The van der Waals surface area contributed by atoms with Gasteiger partial charge in [0.05, 0.1) is 0 Å². The second-order valence-electron chi connectivity index (χ2n) is 5.73. The van der Waals surface area contributed by atoms with Gasteiger partial charge in [-0.05, 0) is 50.4 Å². The SMILES string of the molecule is CC(C)=CC1CC(C)CCC1C(C)C. The Kier molecular flexibility index (Phi) is 4.22. The van der Waals surface area contributed by atoms with Crippen molar-refractivity contribution in [2.45, 2.75) is 53.9 Å². The molecule has 0 aliphatic heterocycles. The third-order valence-electron chi connectivity index (χ3n) is 3.62. The average Bonchev–Trinajstić information content (AvgIpc) is 2.01. The Morgan fingerprint density at radius 2 is 1.86 bits per heavy atom. The van der Waals surface area contributed by atoms with Crippen LogP contribution in [-0.2, 0) is 0 Å². The zero-order chi connectivity index (χ0) is 10.7. The fourth-order valence-electron chi connectivity index (χ4n) is 2.90. The molecule has 3 atom stereocenters. The zero-order valence-electron chi connectivity index (χ0n) is 10.5. The van der Waals surface area contributed by atoms with Crippen LogP contribution in [0.15, 0.2) is 11.6 Å². The Hall–Kier alpha value is -0.260. The fraction of sp³-hybridized carbons (Fsp3) is 0.857. The van der Waals surface area contributed by atoms with E-state index in [1.165, 1.54) is 24.8 Å². The summed E-state index contributed by atoms with van der Waals surface area (Å²) >= 11 is 0. The molecule has 0 bridgehead atoms. The van der Waals surface area contributed by atoms with E-state index in [0.29, 0.717) is 0 Å². The number of hydrogen-bond acceptors (Lipinski definition) is 0. The van der Waals surface area contributed by atoms with E-state index in [1.807, 2.05) is 0 Å². The standard InChI is InChI=1S/C14H26/c1-10(2)8-13-9-12(5)6-7-14(13)11(3)4/h8,11-14H,6-7,9H2,1-5H3. The van der Waals surface area contributed by atoms with Gasteiger partial charge >= 0.3 is 0 Å². The number of hydrogen-bond donors (Lipinski definition) is 0. The summed E-state index contributed by atoms with van der Waals surface area (Å²) in [6.07, 6.45) is 6.80. The van der Waals surface area contributed by atoms with E-state index in [-0.39, 0.29) is 0 Å². The lowest BCUT2D eigenvalue weighted by Gasteiger charge is -2.36. The lowest BCUT2D eigenvalue weighted by Crippen LogP contribution is -2.26. The van der Waals surface area contributed by atoms with Gasteiger partial charge in [-0.2, -0.15) is 0 Å². The second-order valence-corrected chi connectivity index (χ2v) is 5.73. The topological polar surface area (TPSA) is 0 Å². The van der Waals surface area contributed by atoms with Crippen molar-refractivity contribution in [3.63, 3.8) is 0 Å². The van der Waals surface area contributed by atoms with Crippen LogP contribution < -0.4 is 0 Å². The highest BCUT2D eigenvalue weighted by Crippen LogP contribution is 2.39. The summed E-state index contributed by atoms with van der Waals surface area (Å²) in [7, 11) is 0. The van der Waals surface area contributed by atoms with Crippen LogP contribution in [0.25, 0.3) is 0 Å². The van der Waals surface area contributed by atoms with E-state index in [1.54, 1.807) is 0 Å². The molecule has 14 heavy (non-hydrogen) atoms. The van der Waals surface area contributed by atoms with E-state index in [9.17, 15) is 0 Å². The van der Waals surface area contributed by atoms with Gasteiger partial charge in [-0.1, -0.05) is 38.8 Å². The summed E-state index contributed by atoms with van der Waals surface area (Å²) in [4.78, 5) is 0. The molecule has 0 aromatic heterocycles. The van der Waals surface area contributed by atoms with Crippen molar-refractivity contribution in [2.24, 2.45) is 23.7 Å². The summed E-state index contributed by atoms with van der Waals surface area (Å²) in [6.45, 7) is 11.6. The van der Waals surface area contributed by atoms with E-state index in [2.05, 4.69) is 40.7 Å². The first-order valence-corrected chi connectivity index (χ1v) is 6.15. The highest BCUT2D eigenvalue weighted by Gasteiger charge is 2.28. The number of allylic oxidation sites excluding steroid dienone is 2. The van der Waals surface area contributed by atoms with E-state index in [4.69, 9.17) is 0 Å². The van der Waals surface area contributed by atoms with Crippen LogP contribution in [-0.4, -0.2) is 0 Å². The summed E-state index contributed by atoms with van der Waals surface area (Å²) in [5.41, 5.74) is 1.50. The minimum atomic E-state index is 0.850. The van der Waals surface area contributed by atoms with Gasteiger partial charge in [0.15, 0.2) is 0 Å². The summed E-state index contributed by atoms with van der Waals surface area (Å²) < 4.78 is 0. The van der Waals surface area contributed by atoms with Crippen molar-refractivity contribution in [3.05, 3.63) is 11.6 Å². The molecule has 1 aliphatic carbocycles. The van der Waals surface area contributed by atoms with Crippen LogP contribution in [0, 0.1) is 23.7 Å². The van der Waals surface area contributed by atoms with Gasteiger partial charge in [0.25, 0.3) is 0 Å². The molecule has 0 aromatic rings. The molecular weight excluding hydrogens is 168 g/mol. The van der Waals surface area contributed by atoms with Gasteiger partial charge in [0, 0.05) is 0 Å². The van der Waals surface area contributed by atoms with Gasteiger partial charge in [-0.3, -0.25) is 0 Å². The monoisotopic (exact) mass is 194 g/mol. The van der Waals surface area contributed by atoms with Crippen molar-refractivity contribution in [2.75, 3.05) is 0 Å². The van der Waals surface area contributed by atoms with Crippen molar-refractivity contribution in [3.8, 4) is 0 Å². The van der Waals surface area contributed by atoms with Crippen LogP contribution in [0.1, 0.15) is 53.9 Å². The minimum Gasteiger partial charge on any atom is -0.0825 e. The third kappa shape index (κ3) is 3.15. The molecule has 0 heteroatoms. The normalized spacial score (nSPS) is 33.1. The lowest BCUT2D eigenvalue weighted by atomic mass is 9.70. The van der Waals surface area contributed by atoms with E-state index >= 15 is 0 Å². The van der Waals surface area contributed by atoms with Crippen molar-refractivity contribution in [1.29, 1.82) is 0 Å². The molecule has 1 aliphatic rings. The fourth-order valence-corrected chi connectivity index (χ4v) is 2.90. The molecular formula is C14H26. The summed E-state index contributed by atoms with van der Waals surface area (Å²) in [6, 6.07) is 0. The van der Waals surface area contributed by atoms with Crippen LogP contribution in [0.5, 0.6) is 0 Å². The predicted octanol–water partition coefficient (Wildman–Crippen LogP) is 4.66. The van der Waals surface area contributed by atoms with Crippen LogP contribution in [0.4, 0.5) is 0 Å². The first kappa shape index (κ1) is 11.8. The molecule has 1 fully saturated rings.